The Morgan fingerprint density at radius 1 is 1.19 bits per heavy atom. The van der Waals surface area contributed by atoms with Crippen LogP contribution in [0.2, 0.25) is 0 Å². The zero-order valence-electron chi connectivity index (χ0n) is 16.6. The van der Waals surface area contributed by atoms with Crippen LogP contribution in [-0.4, -0.2) is 40.4 Å². The van der Waals surface area contributed by atoms with Gasteiger partial charge in [0.15, 0.2) is 0 Å². The number of likely N-dealkylation sites (N-methyl/N-ethyl adjacent to an activating group) is 1. The Labute approximate surface area is 156 Å². The van der Waals surface area contributed by atoms with E-state index in [9.17, 15) is 9.90 Å². The second kappa shape index (κ2) is 8.49. The summed E-state index contributed by atoms with van der Waals surface area (Å²) in [5, 5.41) is 13.7. The lowest BCUT2D eigenvalue weighted by Crippen LogP contribution is -2.48. The molecule has 1 atom stereocenters. The maximum atomic E-state index is 12.9. The summed E-state index contributed by atoms with van der Waals surface area (Å²) < 4.78 is 0. The summed E-state index contributed by atoms with van der Waals surface area (Å²) in [4.78, 5) is 19.4. The van der Waals surface area contributed by atoms with Crippen molar-refractivity contribution in [3.63, 3.8) is 0 Å². The summed E-state index contributed by atoms with van der Waals surface area (Å²) in [7, 11) is 0. The number of nitrogens with zero attached hydrogens (tertiary/aromatic N) is 2. The molecule has 1 amide bonds. The Balaban J connectivity index is 2.32. The molecule has 0 bridgehead atoms. The predicted molar refractivity (Wildman–Crippen MR) is 108 cm³/mol. The van der Waals surface area contributed by atoms with E-state index in [1.165, 1.54) is 0 Å². The first kappa shape index (κ1) is 20.2. The van der Waals surface area contributed by atoms with Crippen molar-refractivity contribution >= 4 is 17.4 Å². The average molecular weight is 357 g/mol. The molecule has 1 aromatic rings. The van der Waals surface area contributed by atoms with Gasteiger partial charge in [0.2, 0.25) is 0 Å². The molecular weight excluding hydrogens is 326 g/mol. The number of carbonyl (C=O) groups excluding carboxylic acids is 1. The number of benzene rings is 1. The highest BCUT2D eigenvalue weighted by Gasteiger charge is 2.34. The predicted octanol–water partition coefficient (Wildman–Crippen LogP) is 3.53. The number of amidine groups is 1. The highest BCUT2D eigenvalue weighted by atomic mass is 16.3. The van der Waals surface area contributed by atoms with E-state index in [2.05, 4.69) is 24.2 Å². The molecule has 5 nitrogen and oxygen atoms in total. The number of amides is 1. The lowest BCUT2D eigenvalue weighted by Gasteiger charge is -2.35. The van der Waals surface area contributed by atoms with Crippen molar-refractivity contribution in [3.8, 4) is 0 Å². The number of aliphatic hydroxyl groups is 1. The molecule has 0 saturated carbocycles. The van der Waals surface area contributed by atoms with Gasteiger partial charge in [-0.05, 0) is 50.8 Å². The lowest BCUT2D eigenvalue weighted by atomic mass is 9.96. The molecule has 2 N–H and O–H groups in total. The first-order chi connectivity index (χ1) is 12.4. The van der Waals surface area contributed by atoms with E-state index in [1.807, 2.05) is 36.9 Å². The fourth-order valence-electron chi connectivity index (χ4n) is 3.33. The second-order valence-corrected chi connectivity index (χ2v) is 6.79. The fraction of sp³-hybridized carbons (Fsp3) is 0.524. The zero-order valence-corrected chi connectivity index (χ0v) is 16.6. The maximum Gasteiger partial charge on any atom is 0.274 e. The molecule has 1 heterocycles. The van der Waals surface area contributed by atoms with Crippen molar-refractivity contribution in [2.45, 2.75) is 59.5 Å². The minimum Gasteiger partial charge on any atom is -0.382 e. The van der Waals surface area contributed by atoms with E-state index in [0.29, 0.717) is 18.0 Å². The Morgan fingerprint density at radius 3 is 2.27 bits per heavy atom. The number of aryl methyl sites for hydroxylation is 2. The van der Waals surface area contributed by atoms with Crippen LogP contribution in [0.1, 0.15) is 52.2 Å². The maximum absolute atomic E-state index is 12.9. The van der Waals surface area contributed by atoms with Crippen molar-refractivity contribution in [1.82, 2.24) is 4.90 Å². The van der Waals surface area contributed by atoms with Gasteiger partial charge in [-0.3, -0.25) is 4.79 Å². The van der Waals surface area contributed by atoms with Crippen molar-refractivity contribution in [1.29, 1.82) is 0 Å². The molecule has 5 heteroatoms. The topological polar surface area (TPSA) is 64.9 Å². The molecule has 0 aliphatic carbocycles. The van der Waals surface area contributed by atoms with E-state index in [1.54, 1.807) is 13.0 Å². The van der Waals surface area contributed by atoms with Gasteiger partial charge in [0.25, 0.3) is 5.91 Å². The number of para-hydroxylation sites is 1. The minimum absolute atomic E-state index is 0.222. The highest BCUT2D eigenvalue weighted by molar-refractivity contribution is 6.07. The largest absolute Gasteiger partial charge is 0.382 e. The molecule has 142 valence electrons. The van der Waals surface area contributed by atoms with Crippen LogP contribution >= 0.6 is 0 Å². The summed E-state index contributed by atoms with van der Waals surface area (Å²) >= 11 is 0. The number of rotatable bonds is 6. The quantitative estimate of drug-likeness (QED) is 0.818. The summed E-state index contributed by atoms with van der Waals surface area (Å²) in [6.07, 6.45) is 3.81. The first-order valence-corrected chi connectivity index (χ1v) is 9.56. The van der Waals surface area contributed by atoms with E-state index in [0.717, 1.165) is 42.7 Å². The van der Waals surface area contributed by atoms with Crippen LogP contribution in [0.5, 0.6) is 0 Å². The molecule has 0 fully saturated rings. The summed E-state index contributed by atoms with van der Waals surface area (Å²) in [6, 6.07) is 6.11. The van der Waals surface area contributed by atoms with Crippen LogP contribution in [0.4, 0.5) is 5.69 Å². The standard InChI is InChI=1S/C21H31N3O2/c1-6-15-11-10-12-16(7-2)18(15)23-19(25)17-13-14-21(5,26)20(22-17)24(8-3)9-4/h10-13,26H,6-9,14H2,1-5H3,(H,23,25). The molecular formula is C21H31N3O2. The number of carbonyl (C=O) groups is 1. The van der Waals surface area contributed by atoms with Crippen molar-refractivity contribution < 1.29 is 9.90 Å². The molecule has 1 aromatic carbocycles. The molecule has 0 saturated heterocycles. The number of nitrogens with one attached hydrogen (secondary N) is 1. The van der Waals surface area contributed by atoms with Gasteiger partial charge in [-0.1, -0.05) is 32.0 Å². The number of aliphatic imine (C=N–C) groups is 1. The first-order valence-electron chi connectivity index (χ1n) is 9.56. The van der Waals surface area contributed by atoms with Gasteiger partial charge < -0.3 is 15.3 Å². The van der Waals surface area contributed by atoms with Crippen LogP contribution in [0.15, 0.2) is 35.0 Å². The third kappa shape index (κ3) is 4.15. The average Bonchev–Trinajstić information content (AvgIpc) is 2.63. The fourth-order valence-corrected chi connectivity index (χ4v) is 3.33. The third-order valence-corrected chi connectivity index (χ3v) is 4.93. The molecule has 1 aliphatic heterocycles. The van der Waals surface area contributed by atoms with Crippen LogP contribution < -0.4 is 5.32 Å². The van der Waals surface area contributed by atoms with Crippen molar-refractivity contribution in [3.05, 3.63) is 41.1 Å². The third-order valence-electron chi connectivity index (χ3n) is 4.93. The molecule has 2 rings (SSSR count). The number of hydrogen-bond acceptors (Lipinski definition) is 4. The molecule has 0 spiro atoms. The van der Waals surface area contributed by atoms with Gasteiger partial charge in [-0.2, -0.15) is 0 Å². The Morgan fingerprint density at radius 2 is 1.77 bits per heavy atom. The van der Waals surface area contributed by atoms with Gasteiger partial charge in [0, 0.05) is 25.2 Å². The number of anilines is 1. The van der Waals surface area contributed by atoms with E-state index in [-0.39, 0.29) is 5.91 Å². The molecule has 1 aliphatic rings. The Bertz CT molecular complexity index is 694. The lowest BCUT2D eigenvalue weighted by molar-refractivity contribution is -0.113. The molecule has 26 heavy (non-hydrogen) atoms. The van der Waals surface area contributed by atoms with Gasteiger partial charge in [0.05, 0.1) is 0 Å². The van der Waals surface area contributed by atoms with Gasteiger partial charge in [-0.25, -0.2) is 4.99 Å². The summed E-state index contributed by atoms with van der Waals surface area (Å²) in [6.45, 7) is 11.4. The Kier molecular flexibility index (Phi) is 6.59. The second-order valence-electron chi connectivity index (χ2n) is 6.79. The highest BCUT2D eigenvalue weighted by Crippen LogP contribution is 2.26. The Hall–Kier alpha value is -2.14. The van der Waals surface area contributed by atoms with Crippen LogP contribution in [0, 0.1) is 0 Å². The molecule has 0 radical (unpaired) electrons. The van der Waals surface area contributed by atoms with Crippen molar-refractivity contribution in [2.75, 3.05) is 18.4 Å². The van der Waals surface area contributed by atoms with Crippen LogP contribution in [-0.2, 0) is 17.6 Å². The summed E-state index contributed by atoms with van der Waals surface area (Å²) in [5.74, 6) is 0.343. The van der Waals surface area contributed by atoms with Gasteiger partial charge >= 0.3 is 0 Å². The van der Waals surface area contributed by atoms with E-state index < -0.39 is 5.60 Å². The molecule has 1 unspecified atom stereocenters. The number of hydrogen-bond donors (Lipinski definition) is 2. The minimum atomic E-state index is -1.05. The van der Waals surface area contributed by atoms with E-state index >= 15 is 0 Å². The van der Waals surface area contributed by atoms with Gasteiger partial charge in [-0.15, -0.1) is 0 Å². The van der Waals surface area contributed by atoms with Crippen molar-refractivity contribution in [2.24, 2.45) is 4.99 Å². The van der Waals surface area contributed by atoms with Gasteiger partial charge in [0.1, 0.15) is 17.1 Å². The normalized spacial score (nSPS) is 19.6. The SMILES string of the molecule is CCc1cccc(CC)c1NC(=O)C1=CCC(C)(O)C(N(CC)CC)=N1. The van der Waals surface area contributed by atoms with Crippen LogP contribution in [0.3, 0.4) is 0 Å². The smallest absolute Gasteiger partial charge is 0.274 e. The molecule has 0 aromatic heterocycles. The van der Waals surface area contributed by atoms with Crippen LogP contribution in [0.25, 0.3) is 0 Å². The summed E-state index contributed by atoms with van der Waals surface area (Å²) in [5.41, 5.74) is 2.45. The van der Waals surface area contributed by atoms with E-state index in [4.69, 9.17) is 0 Å². The zero-order chi connectivity index (χ0) is 19.3. The monoisotopic (exact) mass is 357 g/mol.